The fourth-order valence-electron chi connectivity index (χ4n) is 3.12. The third-order valence-corrected chi connectivity index (χ3v) is 4.78. The fraction of sp³-hybridized carbons (Fsp3) is 0.929. The van der Waals surface area contributed by atoms with E-state index in [1.807, 2.05) is 13.8 Å². The Morgan fingerprint density at radius 1 is 1.32 bits per heavy atom. The summed E-state index contributed by atoms with van der Waals surface area (Å²) in [6, 6.07) is 0.759. The summed E-state index contributed by atoms with van der Waals surface area (Å²) in [6.07, 6.45) is 5.04. The number of nitrogens with zero attached hydrogens (tertiary/aromatic N) is 3. The Morgan fingerprint density at radius 3 is 2.84 bits per heavy atom. The highest BCUT2D eigenvalue weighted by Gasteiger charge is 2.30. The number of fused-ring (bicyclic) bond motifs is 1. The molecule has 3 N–H and O–H groups in total. The minimum atomic E-state index is -0.224. The van der Waals surface area contributed by atoms with Crippen molar-refractivity contribution in [3.05, 3.63) is 0 Å². The van der Waals surface area contributed by atoms with E-state index in [-0.39, 0.29) is 5.41 Å². The van der Waals surface area contributed by atoms with Crippen LogP contribution in [0.4, 0.5) is 0 Å². The van der Waals surface area contributed by atoms with Crippen LogP contribution in [0, 0.1) is 5.41 Å². The maximum absolute atomic E-state index is 8.80. The number of rotatable bonds is 4. The summed E-state index contributed by atoms with van der Waals surface area (Å²) in [5, 5.41) is 12.0. The van der Waals surface area contributed by atoms with E-state index in [1.165, 1.54) is 38.9 Å². The van der Waals surface area contributed by atoms with Crippen LogP contribution >= 0.6 is 0 Å². The molecule has 0 bridgehead atoms. The highest BCUT2D eigenvalue weighted by atomic mass is 16.4. The second kappa shape index (κ2) is 6.09. The Balaban J connectivity index is 1.81. The first kappa shape index (κ1) is 14.6. The van der Waals surface area contributed by atoms with Gasteiger partial charge in [0.1, 0.15) is 5.84 Å². The number of piperazine rings is 1. The van der Waals surface area contributed by atoms with Crippen molar-refractivity contribution >= 4 is 5.84 Å². The third-order valence-electron chi connectivity index (χ3n) is 4.78. The molecular weight excluding hydrogens is 240 g/mol. The van der Waals surface area contributed by atoms with E-state index >= 15 is 0 Å². The first-order valence-corrected chi connectivity index (χ1v) is 7.47. The Hall–Kier alpha value is -0.810. The van der Waals surface area contributed by atoms with Crippen LogP contribution in [0.3, 0.4) is 0 Å². The van der Waals surface area contributed by atoms with Gasteiger partial charge in [0.25, 0.3) is 0 Å². The summed E-state index contributed by atoms with van der Waals surface area (Å²) in [5.41, 5.74) is 5.52. The number of hydrogen-bond acceptors (Lipinski definition) is 4. The molecule has 2 rings (SSSR count). The van der Waals surface area contributed by atoms with Crippen LogP contribution in [0.5, 0.6) is 0 Å². The van der Waals surface area contributed by atoms with E-state index < -0.39 is 0 Å². The van der Waals surface area contributed by atoms with Crippen molar-refractivity contribution in [3.63, 3.8) is 0 Å². The minimum Gasteiger partial charge on any atom is -0.409 e. The average molecular weight is 268 g/mol. The Morgan fingerprint density at radius 2 is 2.11 bits per heavy atom. The lowest BCUT2D eigenvalue weighted by atomic mass is 9.87. The Kier molecular flexibility index (Phi) is 4.68. The molecule has 5 heteroatoms. The number of amidine groups is 1. The van der Waals surface area contributed by atoms with Crippen LogP contribution in [0.2, 0.25) is 0 Å². The third kappa shape index (κ3) is 3.60. The molecule has 0 aromatic rings. The number of nitrogens with two attached hydrogens (primary N) is 1. The zero-order valence-corrected chi connectivity index (χ0v) is 12.3. The molecule has 0 aromatic carbocycles. The molecule has 2 fully saturated rings. The molecule has 2 saturated heterocycles. The smallest absolute Gasteiger partial charge is 0.144 e. The lowest BCUT2D eigenvalue weighted by molar-refractivity contribution is 0.0460. The van der Waals surface area contributed by atoms with Crippen LogP contribution in [-0.4, -0.2) is 59.6 Å². The van der Waals surface area contributed by atoms with Gasteiger partial charge in [-0.15, -0.1) is 0 Å². The van der Waals surface area contributed by atoms with Gasteiger partial charge in [0.2, 0.25) is 0 Å². The van der Waals surface area contributed by atoms with Crippen molar-refractivity contribution in [1.29, 1.82) is 0 Å². The molecule has 2 aliphatic rings. The monoisotopic (exact) mass is 268 g/mol. The van der Waals surface area contributed by atoms with E-state index in [1.54, 1.807) is 0 Å². The second-order valence-electron chi connectivity index (χ2n) is 6.61. The Labute approximate surface area is 116 Å². The van der Waals surface area contributed by atoms with Gasteiger partial charge in [0.05, 0.1) is 0 Å². The summed E-state index contributed by atoms with van der Waals surface area (Å²) < 4.78 is 0. The highest BCUT2D eigenvalue weighted by Crippen LogP contribution is 2.24. The number of piperidine rings is 1. The van der Waals surface area contributed by atoms with Crippen LogP contribution in [0.25, 0.3) is 0 Å². The van der Waals surface area contributed by atoms with Crippen molar-refractivity contribution < 1.29 is 5.21 Å². The molecule has 0 saturated carbocycles. The Bertz CT molecular complexity index is 329. The largest absolute Gasteiger partial charge is 0.409 e. The topological polar surface area (TPSA) is 65.1 Å². The van der Waals surface area contributed by atoms with Gasteiger partial charge in [0, 0.05) is 31.1 Å². The van der Waals surface area contributed by atoms with Crippen molar-refractivity contribution in [2.45, 2.75) is 45.6 Å². The summed E-state index contributed by atoms with van der Waals surface area (Å²) in [7, 11) is 0. The summed E-state index contributed by atoms with van der Waals surface area (Å²) in [5.74, 6) is 0.337. The normalized spacial score (nSPS) is 27.3. The maximum Gasteiger partial charge on any atom is 0.144 e. The van der Waals surface area contributed by atoms with Crippen LogP contribution in [0.15, 0.2) is 5.16 Å². The van der Waals surface area contributed by atoms with E-state index in [0.717, 1.165) is 25.6 Å². The summed E-state index contributed by atoms with van der Waals surface area (Å²) in [6.45, 7) is 9.95. The zero-order chi connectivity index (χ0) is 13.9. The average Bonchev–Trinajstić information content (AvgIpc) is 2.44. The minimum absolute atomic E-state index is 0.224. The van der Waals surface area contributed by atoms with E-state index in [9.17, 15) is 0 Å². The van der Waals surface area contributed by atoms with Gasteiger partial charge in [-0.25, -0.2) is 0 Å². The van der Waals surface area contributed by atoms with Crippen molar-refractivity contribution in [3.8, 4) is 0 Å². The van der Waals surface area contributed by atoms with Gasteiger partial charge >= 0.3 is 0 Å². The summed E-state index contributed by atoms with van der Waals surface area (Å²) in [4.78, 5) is 5.19. The molecule has 2 aliphatic heterocycles. The standard InChI is InChI=1S/C14H28N4O/c1-14(2,13(15)16-19)6-8-17-9-10-18-7-4-3-5-12(18)11-17/h12,19H,3-11H2,1-2H3,(H2,15,16). The molecule has 0 spiro atoms. The molecular formula is C14H28N4O. The number of hydrogen-bond donors (Lipinski definition) is 2. The van der Waals surface area contributed by atoms with Gasteiger partial charge in [-0.2, -0.15) is 0 Å². The van der Waals surface area contributed by atoms with Crippen LogP contribution in [0.1, 0.15) is 39.5 Å². The lowest BCUT2D eigenvalue weighted by Crippen LogP contribution is -2.55. The van der Waals surface area contributed by atoms with Gasteiger partial charge < -0.3 is 15.8 Å². The van der Waals surface area contributed by atoms with Gasteiger partial charge in [-0.1, -0.05) is 25.4 Å². The van der Waals surface area contributed by atoms with Crippen molar-refractivity contribution in [1.82, 2.24) is 9.80 Å². The predicted octanol–water partition coefficient (Wildman–Crippen LogP) is 1.32. The zero-order valence-electron chi connectivity index (χ0n) is 12.3. The molecule has 19 heavy (non-hydrogen) atoms. The second-order valence-corrected chi connectivity index (χ2v) is 6.61. The molecule has 1 atom stereocenters. The molecule has 0 amide bonds. The van der Waals surface area contributed by atoms with Gasteiger partial charge in [-0.3, -0.25) is 4.90 Å². The molecule has 2 heterocycles. The quantitative estimate of drug-likeness (QED) is 0.349. The van der Waals surface area contributed by atoms with E-state index in [2.05, 4.69) is 15.0 Å². The van der Waals surface area contributed by atoms with E-state index in [4.69, 9.17) is 10.9 Å². The van der Waals surface area contributed by atoms with E-state index in [0.29, 0.717) is 5.84 Å². The lowest BCUT2D eigenvalue weighted by Gasteiger charge is -2.44. The first-order valence-electron chi connectivity index (χ1n) is 7.47. The highest BCUT2D eigenvalue weighted by molar-refractivity contribution is 5.85. The van der Waals surface area contributed by atoms with Gasteiger partial charge in [-0.05, 0) is 32.4 Å². The first-order chi connectivity index (χ1) is 9.03. The fourth-order valence-corrected chi connectivity index (χ4v) is 3.12. The van der Waals surface area contributed by atoms with Crippen molar-refractivity contribution in [2.75, 3.05) is 32.7 Å². The van der Waals surface area contributed by atoms with Crippen LogP contribution in [-0.2, 0) is 0 Å². The molecule has 0 aliphatic carbocycles. The molecule has 1 unspecified atom stereocenters. The predicted molar refractivity (Wildman–Crippen MR) is 77.5 cm³/mol. The van der Waals surface area contributed by atoms with Crippen molar-refractivity contribution in [2.24, 2.45) is 16.3 Å². The van der Waals surface area contributed by atoms with Crippen LogP contribution < -0.4 is 5.73 Å². The molecule has 110 valence electrons. The molecule has 0 radical (unpaired) electrons. The maximum atomic E-state index is 8.80. The SMILES string of the molecule is CC(C)(CCN1CCN2CCCCC2C1)C(N)=NO. The molecule has 5 nitrogen and oxygen atoms in total. The number of oxime groups is 1. The van der Waals surface area contributed by atoms with Gasteiger partial charge in [0.15, 0.2) is 0 Å². The summed E-state index contributed by atoms with van der Waals surface area (Å²) >= 11 is 0. The molecule has 0 aromatic heterocycles.